The van der Waals surface area contributed by atoms with E-state index in [2.05, 4.69) is 5.16 Å². The van der Waals surface area contributed by atoms with Gasteiger partial charge in [-0.2, -0.15) is 0 Å². The van der Waals surface area contributed by atoms with Crippen molar-refractivity contribution in [2.45, 2.75) is 6.92 Å². The Kier molecular flexibility index (Phi) is 3.03. The molecule has 1 N–H and O–H groups in total. The highest BCUT2D eigenvalue weighted by atomic mass is 35.5. The fraction of sp³-hybridized carbons (Fsp3) is 0.111. The lowest BCUT2D eigenvalue weighted by Gasteiger charge is -2.00. The molecular weight excluding hydrogens is 190 g/mol. The number of halogens is 1. The number of rotatable bonds is 2. The van der Waals surface area contributed by atoms with E-state index in [1.54, 1.807) is 24.3 Å². The van der Waals surface area contributed by atoms with E-state index >= 15 is 0 Å². The molecule has 0 atom stereocenters. The van der Waals surface area contributed by atoms with Gasteiger partial charge in [-0.25, -0.2) is 0 Å². The van der Waals surface area contributed by atoms with Gasteiger partial charge in [0.05, 0.1) is 5.02 Å². The molecule has 4 heteroatoms. The number of benzene rings is 1. The maximum Gasteiger partial charge on any atom is 0.211 e. The highest BCUT2D eigenvalue weighted by molar-refractivity contribution is 6.48. The predicted octanol–water partition coefficient (Wildman–Crippen LogP) is 2.37. The van der Waals surface area contributed by atoms with Crippen LogP contribution in [0.1, 0.15) is 17.3 Å². The summed E-state index contributed by atoms with van der Waals surface area (Å²) in [7, 11) is 0. The second kappa shape index (κ2) is 4.05. The monoisotopic (exact) mass is 197 g/mol. The summed E-state index contributed by atoms with van der Waals surface area (Å²) in [5.74, 6) is -0.367. The minimum absolute atomic E-state index is 0.0214. The van der Waals surface area contributed by atoms with Gasteiger partial charge in [0.1, 0.15) is 5.71 Å². The Labute approximate surface area is 80.6 Å². The van der Waals surface area contributed by atoms with E-state index < -0.39 is 0 Å². The van der Waals surface area contributed by atoms with Crippen molar-refractivity contribution in [3.63, 3.8) is 0 Å². The Morgan fingerprint density at radius 1 is 1.46 bits per heavy atom. The van der Waals surface area contributed by atoms with E-state index in [0.29, 0.717) is 10.6 Å². The van der Waals surface area contributed by atoms with Gasteiger partial charge in [-0.15, -0.1) is 0 Å². The number of Topliss-reactive ketones (excluding diaryl/α,β-unsaturated/α-hetero) is 1. The summed E-state index contributed by atoms with van der Waals surface area (Å²) in [6.45, 7) is 1.42. The summed E-state index contributed by atoms with van der Waals surface area (Å²) in [5, 5.41) is 11.6. The molecule has 1 aromatic carbocycles. The number of ketones is 1. The van der Waals surface area contributed by atoms with Crippen LogP contribution in [0, 0.1) is 0 Å². The van der Waals surface area contributed by atoms with Crippen molar-refractivity contribution in [1.29, 1.82) is 0 Å². The van der Waals surface area contributed by atoms with Gasteiger partial charge in [0, 0.05) is 5.56 Å². The number of carbonyl (C=O) groups is 1. The van der Waals surface area contributed by atoms with E-state index in [0.717, 1.165) is 0 Å². The topological polar surface area (TPSA) is 49.7 Å². The molecule has 1 aromatic rings. The number of hydrogen-bond acceptors (Lipinski definition) is 3. The molecule has 0 amide bonds. The average Bonchev–Trinajstić information content (AvgIpc) is 2.16. The van der Waals surface area contributed by atoms with Gasteiger partial charge in [-0.05, 0) is 19.1 Å². The second-order valence-corrected chi connectivity index (χ2v) is 2.90. The molecule has 0 bridgehead atoms. The summed E-state index contributed by atoms with van der Waals surface area (Å²) < 4.78 is 0. The maximum absolute atomic E-state index is 11.4. The van der Waals surface area contributed by atoms with Gasteiger partial charge in [0.25, 0.3) is 0 Å². The first-order chi connectivity index (χ1) is 6.16. The third-order valence-electron chi connectivity index (χ3n) is 1.60. The zero-order valence-corrected chi connectivity index (χ0v) is 7.75. The zero-order chi connectivity index (χ0) is 9.84. The largest absolute Gasteiger partial charge is 0.411 e. The highest BCUT2D eigenvalue weighted by Gasteiger charge is 2.12. The Morgan fingerprint density at radius 3 is 2.62 bits per heavy atom. The summed E-state index contributed by atoms with van der Waals surface area (Å²) in [5.41, 5.74) is 0.368. The number of oxime groups is 1. The van der Waals surface area contributed by atoms with Crippen molar-refractivity contribution >= 4 is 23.1 Å². The first-order valence-corrected chi connectivity index (χ1v) is 4.02. The maximum atomic E-state index is 11.4. The van der Waals surface area contributed by atoms with Crippen LogP contribution in [-0.4, -0.2) is 16.7 Å². The van der Waals surface area contributed by atoms with E-state index in [1.165, 1.54) is 6.92 Å². The van der Waals surface area contributed by atoms with Crippen molar-refractivity contribution in [2.24, 2.45) is 5.16 Å². The van der Waals surface area contributed by atoms with Crippen molar-refractivity contribution in [2.75, 3.05) is 0 Å². The Balaban J connectivity index is 3.10. The zero-order valence-electron chi connectivity index (χ0n) is 6.99. The molecule has 0 saturated heterocycles. The minimum atomic E-state index is -0.367. The average molecular weight is 198 g/mol. The number of carbonyl (C=O) groups excluding carboxylic acids is 1. The Morgan fingerprint density at radius 2 is 2.08 bits per heavy atom. The smallest absolute Gasteiger partial charge is 0.211 e. The predicted molar refractivity (Wildman–Crippen MR) is 50.7 cm³/mol. The van der Waals surface area contributed by atoms with Gasteiger partial charge in [-0.3, -0.25) is 4.79 Å². The quantitative estimate of drug-likeness (QED) is 0.343. The van der Waals surface area contributed by atoms with Crippen LogP contribution in [0.15, 0.2) is 29.4 Å². The van der Waals surface area contributed by atoms with Gasteiger partial charge >= 0.3 is 0 Å². The van der Waals surface area contributed by atoms with Crippen molar-refractivity contribution in [3.8, 4) is 0 Å². The summed E-state index contributed by atoms with van der Waals surface area (Å²) in [4.78, 5) is 11.4. The molecule has 3 nitrogen and oxygen atoms in total. The van der Waals surface area contributed by atoms with E-state index in [9.17, 15) is 4.79 Å². The molecule has 1 rings (SSSR count). The normalized spacial score (nSPS) is 11.4. The number of hydrogen-bond donors (Lipinski definition) is 1. The number of nitrogens with zero attached hydrogens (tertiary/aromatic N) is 1. The molecule has 0 saturated carbocycles. The van der Waals surface area contributed by atoms with Crippen LogP contribution in [0.3, 0.4) is 0 Å². The van der Waals surface area contributed by atoms with Crippen LogP contribution >= 0.6 is 11.6 Å². The molecule has 0 unspecified atom stereocenters. The van der Waals surface area contributed by atoms with Gasteiger partial charge < -0.3 is 5.21 Å². The van der Waals surface area contributed by atoms with E-state index in [4.69, 9.17) is 16.8 Å². The van der Waals surface area contributed by atoms with Crippen LogP contribution in [0.5, 0.6) is 0 Å². The fourth-order valence-electron chi connectivity index (χ4n) is 0.886. The molecular formula is C9H8ClNO2. The molecule has 13 heavy (non-hydrogen) atoms. The standard InChI is InChI=1S/C9H8ClNO2/c1-6(11-13)9(12)7-4-2-3-5-8(7)10/h2-5,13H,1H3. The SMILES string of the molecule is CC(=NO)C(=O)c1ccccc1Cl. The van der Waals surface area contributed by atoms with Gasteiger partial charge in [-0.1, -0.05) is 28.9 Å². The van der Waals surface area contributed by atoms with Crippen molar-refractivity contribution < 1.29 is 10.0 Å². The van der Waals surface area contributed by atoms with E-state index in [1.807, 2.05) is 0 Å². The van der Waals surface area contributed by atoms with Gasteiger partial charge in [0.2, 0.25) is 5.78 Å². The van der Waals surface area contributed by atoms with Crippen LogP contribution in [0.4, 0.5) is 0 Å². The van der Waals surface area contributed by atoms with Crippen molar-refractivity contribution in [1.82, 2.24) is 0 Å². The first kappa shape index (κ1) is 9.74. The van der Waals surface area contributed by atoms with Crippen molar-refractivity contribution in [3.05, 3.63) is 34.9 Å². The fourth-order valence-corrected chi connectivity index (χ4v) is 1.11. The minimum Gasteiger partial charge on any atom is -0.411 e. The van der Waals surface area contributed by atoms with E-state index in [-0.39, 0.29) is 11.5 Å². The molecule has 0 radical (unpaired) electrons. The summed E-state index contributed by atoms with van der Waals surface area (Å²) in [6, 6.07) is 6.62. The second-order valence-electron chi connectivity index (χ2n) is 2.49. The molecule has 0 spiro atoms. The van der Waals surface area contributed by atoms with Gasteiger partial charge in [0.15, 0.2) is 0 Å². The molecule has 0 fully saturated rings. The molecule has 0 aliphatic heterocycles. The lowest BCUT2D eigenvalue weighted by Crippen LogP contribution is -2.10. The lowest BCUT2D eigenvalue weighted by molar-refractivity contribution is 0.106. The van der Waals surface area contributed by atoms with Crippen LogP contribution in [0.25, 0.3) is 0 Å². The Hall–Kier alpha value is -1.35. The van der Waals surface area contributed by atoms with Crippen LogP contribution < -0.4 is 0 Å². The molecule has 0 aliphatic rings. The summed E-state index contributed by atoms with van der Waals surface area (Å²) in [6.07, 6.45) is 0. The van der Waals surface area contributed by atoms with Crippen LogP contribution in [0.2, 0.25) is 5.02 Å². The summed E-state index contributed by atoms with van der Waals surface area (Å²) >= 11 is 5.76. The third kappa shape index (κ3) is 2.06. The first-order valence-electron chi connectivity index (χ1n) is 3.64. The Bertz CT molecular complexity index is 360. The highest BCUT2D eigenvalue weighted by Crippen LogP contribution is 2.15. The lowest BCUT2D eigenvalue weighted by atomic mass is 10.1. The molecule has 0 aromatic heterocycles. The third-order valence-corrected chi connectivity index (χ3v) is 1.93. The van der Waals surface area contributed by atoms with Crippen LogP contribution in [-0.2, 0) is 0 Å². The molecule has 0 heterocycles. The molecule has 0 aliphatic carbocycles. The molecule has 68 valence electrons.